The van der Waals surface area contributed by atoms with E-state index in [2.05, 4.69) is 15.5 Å². The van der Waals surface area contributed by atoms with Crippen molar-refractivity contribution in [3.8, 4) is 0 Å². The van der Waals surface area contributed by atoms with E-state index in [1.54, 1.807) is 0 Å². The molecule has 12 nitrogen and oxygen atoms in total. The molecule has 0 spiro atoms. The third-order valence-electron chi connectivity index (χ3n) is 2.43. The number of hydrogen-bond acceptors (Lipinski definition) is 9. The molecule has 0 aliphatic heterocycles. The van der Waals surface area contributed by atoms with Crippen LogP contribution in [0.5, 0.6) is 0 Å². The predicted octanol–water partition coefficient (Wildman–Crippen LogP) is 1.61. The van der Waals surface area contributed by atoms with Crippen LogP contribution in [-0.4, -0.2) is 27.8 Å². The van der Waals surface area contributed by atoms with Crippen LogP contribution in [0.2, 0.25) is 0 Å². The first-order chi connectivity index (χ1) is 11.4. The average molecular weight is 335 g/mol. The van der Waals surface area contributed by atoms with Crippen LogP contribution in [0.25, 0.3) is 0 Å². The van der Waals surface area contributed by atoms with Crippen molar-refractivity contribution < 1.29 is 23.5 Å². The van der Waals surface area contributed by atoms with Gasteiger partial charge >= 0.3 is 11.8 Å². The van der Waals surface area contributed by atoms with Crippen LogP contribution in [0.1, 0.15) is 18.4 Å². The first-order valence-corrected chi connectivity index (χ1v) is 6.24. The molecule has 0 fully saturated rings. The Morgan fingerprint density at radius 2 is 1.75 bits per heavy atom. The lowest BCUT2D eigenvalue weighted by molar-refractivity contribution is -0.402. The molecule has 0 aliphatic rings. The van der Waals surface area contributed by atoms with Crippen LogP contribution in [0.3, 0.4) is 0 Å². The van der Waals surface area contributed by atoms with Gasteiger partial charge in [0.15, 0.2) is 17.4 Å². The quantitative estimate of drug-likeness (QED) is 0.374. The van der Waals surface area contributed by atoms with Crippen LogP contribution >= 0.6 is 0 Å². The molecule has 0 aliphatic carbocycles. The second kappa shape index (κ2) is 6.95. The fourth-order valence-corrected chi connectivity index (χ4v) is 1.51. The van der Waals surface area contributed by atoms with Crippen molar-refractivity contribution >= 4 is 29.7 Å². The molecule has 2 aromatic rings. The maximum Gasteiger partial charge on any atom is 0.433 e. The molecule has 0 radical (unpaired) electrons. The van der Waals surface area contributed by atoms with E-state index < -0.39 is 27.5 Å². The van der Waals surface area contributed by atoms with E-state index in [0.29, 0.717) is 0 Å². The van der Waals surface area contributed by atoms with Crippen molar-refractivity contribution in [1.29, 1.82) is 0 Å². The Labute approximate surface area is 132 Å². The highest BCUT2D eigenvalue weighted by Crippen LogP contribution is 2.16. The number of amides is 1. The van der Waals surface area contributed by atoms with Gasteiger partial charge in [0, 0.05) is 6.92 Å². The normalized spacial score (nSPS) is 11.6. The first-order valence-electron chi connectivity index (χ1n) is 6.24. The highest BCUT2D eigenvalue weighted by Gasteiger charge is 2.17. The summed E-state index contributed by atoms with van der Waals surface area (Å²) in [4.78, 5) is 30.8. The highest BCUT2D eigenvalue weighted by atomic mass is 16.7. The molecule has 124 valence electrons. The number of hydrogen-bond donors (Lipinski definition) is 1. The Bertz CT molecular complexity index is 848. The van der Waals surface area contributed by atoms with Gasteiger partial charge in [-0.05, 0) is 12.1 Å². The molecule has 0 saturated carbocycles. The zero-order chi connectivity index (χ0) is 17.7. The summed E-state index contributed by atoms with van der Waals surface area (Å²) in [7, 11) is 0. The first kappa shape index (κ1) is 16.5. The number of amidine groups is 1. The predicted molar refractivity (Wildman–Crippen MR) is 78.7 cm³/mol. The molecule has 24 heavy (non-hydrogen) atoms. The van der Waals surface area contributed by atoms with E-state index in [1.165, 1.54) is 19.1 Å². The molecule has 2 aromatic heterocycles. The van der Waals surface area contributed by atoms with Gasteiger partial charge in [-0.15, -0.1) is 5.10 Å². The van der Waals surface area contributed by atoms with E-state index in [4.69, 9.17) is 8.83 Å². The Balaban J connectivity index is 2.23. The molecule has 2 rings (SSSR count). The lowest BCUT2D eigenvalue weighted by Crippen LogP contribution is -2.28. The highest BCUT2D eigenvalue weighted by molar-refractivity contribution is 6.06. The van der Waals surface area contributed by atoms with Gasteiger partial charge in [0.2, 0.25) is 5.91 Å². The van der Waals surface area contributed by atoms with E-state index in [1.807, 2.05) is 0 Å². The minimum Gasteiger partial charge on any atom is -0.400 e. The minimum absolute atomic E-state index is 0.0538. The van der Waals surface area contributed by atoms with Crippen LogP contribution in [-0.2, 0) is 4.79 Å². The summed E-state index contributed by atoms with van der Waals surface area (Å²) < 4.78 is 9.75. The molecule has 0 bridgehead atoms. The van der Waals surface area contributed by atoms with Crippen LogP contribution in [0, 0.1) is 20.2 Å². The number of rotatable bonds is 5. The summed E-state index contributed by atoms with van der Waals surface area (Å²) in [6, 6.07) is 4.76. The fourth-order valence-electron chi connectivity index (χ4n) is 1.51. The van der Waals surface area contributed by atoms with Crippen molar-refractivity contribution in [2.45, 2.75) is 6.92 Å². The third-order valence-corrected chi connectivity index (χ3v) is 2.43. The molecule has 1 N–H and O–H groups in total. The summed E-state index contributed by atoms with van der Waals surface area (Å²) in [5.41, 5.74) is 0. The average Bonchev–Trinajstić information content (AvgIpc) is 3.15. The smallest absolute Gasteiger partial charge is 0.400 e. The zero-order valence-corrected chi connectivity index (χ0v) is 12.0. The maximum absolute atomic E-state index is 11.2. The molecule has 0 aromatic carbocycles. The Morgan fingerprint density at radius 1 is 1.12 bits per heavy atom. The zero-order valence-electron chi connectivity index (χ0n) is 12.0. The largest absolute Gasteiger partial charge is 0.433 e. The topological polar surface area (TPSA) is 166 Å². The summed E-state index contributed by atoms with van der Waals surface area (Å²) in [5.74, 6) is -1.71. The van der Waals surface area contributed by atoms with Gasteiger partial charge in [-0.2, -0.15) is 5.10 Å². The monoisotopic (exact) mass is 335 g/mol. The summed E-state index contributed by atoms with van der Waals surface area (Å²) in [6.45, 7) is 1.20. The molecule has 0 unspecified atom stereocenters. The van der Waals surface area contributed by atoms with E-state index in [0.717, 1.165) is 18.3 Å². The van der Waals surface area contributed by atoms with Crippen molar-refractivity contribution in [3.63, 3.8) is 0 Å². The molecule has 0 atom stereocenters. The second-order valence-corrected chi connectivity index (χ2v) is 4.20. The second-order valence-electron chi connectivity index (χ2n) is 4.20. The van der Waals surface area contributed by atoms with Gasteiger partial charge in [-0.3, -0.25) is 25.0 Å². The van der Waals surface area contributed by atoms with E-state index in [-0.39, 0.29) is 17.4 Å². The van der Waals surface area contributed by atoms with Crippen molar-refractivity contribution in [3.05, 3.63) is 56.0 Å². The van der Waals surface area contributed by atoms with Crippen LogP contribution in [0.15, 0.2) is 43.3 Å². The van der Waals surface area contributed by atoms with Crippen LogP contribution in [0.4, 0.5) is 11.8 Å². The summed E-state index contributed by atoms with van der Waals surface area (Å²) in [5, 5.41) is 30.7. The number of nitro groups is 2. The van der Waals surface area contributed by atoms with Gasteiger partial charge in [0.25, 0.3) is 0 Å². The van der Waals surface area contributed by atoms with E-state index in [9.17, 15) is 25.0 Å². The molecule has 0 saturated heterocycles. The van der Waals surface area contributed by atoms with Gasteiger partial charge in [-0.1, -0.05) is 0 Å². The SMILES string of the molecule is CC(=O)N/C(=N\N=C\c1ccc([N+](=O)[O-])o1)c1ccc([N+](=O)[O-])o1. The number of nitrogens with zero attached hydrogens (tertiary/aromatic N) is 4. The Hall–Kier alpha value is -3.83. The Kier molecular flexibility index (Phi) is 4.79. The lowest BCUT2D eigenvalue weighted by atomic mass is 10.4. The number of furan rings is 2. The van der Waals surface area contributed by atoms with Gasteiger partial charge in [0.05, 0.1) is 18.3 Å². The number of carbonyl (C=O) groups excluding carboxylic acids is 1. The molecular weight excluding hydrogens is 326 g/mol. The lowest BCUT2D eigenvalue weighted by Gasteiger charge is -2.00. The molecular formula is C12H9N5O7. The summed E-state index contributed by atoms with van der Waals surface area (Å²) in [6.07, 6.45) is 1.06. The van der Waals surface area contributed by atoms with Gasteiger partial charge < -0.3 is 14.2 Å². The standard InChI is InChI=1S/C12H9N5O7/c1-7(18)14-12(9-3-5-11(24-9)17(21)22)15-13-6-8-2-4-10(23-8)16(19)20/h2-6H,1H3,(H,14,15,18)/b13-6+. The number of carbonyl (C=O) groups is 1. The molecule has 1 amide bonds. The van der Waals surface area contributed by atoms with Crippen molar-refractivity contribution in [1.82, 2.24) is 5.32 Å². The van der Waals surface area contributed by atoms with Crippen molar-refractivity contribution in [2.75, 3.05) is 0 Å². The minimum atomic E-state index is -0.750. The molecule has 12 heteroatoms. The van der Waals surface area contributed by atoms with Crippen LogP contribution < -0.4 is 5.32 Å². The molecule has 2 heterocycles. The maximum atomic E-state index is 11.2. The van der Waals surface area contributed by atoms with Crippen molar-refractivity contribution in [2.24, 2.45) is 10.2 Å². The van der Waals surface area contributed by atoms with Gasteiger partial charge in [-0.25, -0.2) is 0 Å². The fraction of sp³-hybridized carbons (Fsp3) is 0.0833. The number of nitrogens with one attached hydrogen (secondary N) is 1. The third kappa shape index (κ3) is 4.09. The summed E-state index contributed by atoms with van der Waals surface area (Å²) >= 11 is 0. The van der Waals surface area contributed by atoms with Gasteiger partial charge in [0.1, 0.15) is 9.85 Å². The Morgan fingerprint density at radius 3 is 2.29 bits per heavy atom. The van der Waals surface area contributed by atoms with E-state index >= 15 is 0 Å².